The number of urea groups is 1. The molecule has 0 aliphatic heterocycles. The predicted octanol–water partition coefficient (Wildman–Crippen LogP) is 10.3. The SMILES string of the molecule is CC12CCC(O)CC13C=CC1(C(C(=O)c4cc5ccccc5s4)=C3)C2CCC2(C)C1CCC2(O)CN(Cc1ccc(OC(F)(F)F)cc1)C(=O)Nc1ccccc1. The van der Waals surface area contributed by atoms with Gasteiger partial charge >= 0.3 is 12.4 Å². The zero-order chi connectivity index (χ0) is 40.0. The molecule has 11 heteroatoms. The first kappa shape index (κ1) is 38.1. The Balaban J connectivity index is 1.09. The summed E-state index contributed by atoms with van der Waals surface area (Å²) in [7, 11) is 0. The summed E-state index contributed by atoms with van der Waals surface area (Å²) in [4.78, 5) is 31.5. The van der Waals surface area contributed by atoms with Crippen LogP contribution < -0.4 is 10.1 Å². The van der Waals surface area contributed by atoms with Gasteiger partial charge in [0.25, 0.3) is 0 Å². The minimum Gasteiger partial charge on any atom is -0.406 e. The lowest BCUT2D eigenvalue weighted by Crippen LogP contribution is -2.67. The molecule has 1 aromatic heterocycles. The maximum absolute atomic E-state index is 15.1. The zero-order valence-electron chi connectivity index (χ0n) is 32.0. The Morgan fingerprint density at radius 3 is 2.32 bits per heavy atom. The van der Waals surface area contributed by atoms with E-state index in [1.165, 1.54) is 35.6 Å². The topological polar surface area (TPSA) is 99.1 Å². The van der Waals surface area contributed by atoms with Crippen LogP contribution >= 0.6 is 11.3 Å². The van der Waals surface area contributed by atoms with Crippen LogP contribution in [-0.4, -0.2) is 51.5 Å². The maximum atomic E-state index is 15.1. The normalized spacial score (nSPS) is 33.9. The van der Waals surface area contributed by atoms with Crippen molar-refractivity contribution in [1.82, 2.24) is 4.90 Å². The van der Waals surface area contributed by atoms with Crippen molar-refractivity contribution in [3.8, 4) is 5.75 Å². The first-order chi connectivity index (χ1) is 27.1. The molecule has 57 heavy (non-hydrogen) atoms. The summed E-state index contributed by atoms with van der Waals surface area (Å²) in [5.41, 5.74) is -1.50. The van der Waals surface area contributed by atoms with E-state index in [0.717, 1.165) is 28.5 Å². The molecular formula is C46H47F3N2O5S. The molecule has 3 fully saturated rings. The van der Waals surface area contributed by atoms with Crippen LogP contribution in [0.5, 0.6) is 5.75 Å². The van der Waals surface area contributed by atoms with E-state index in [1.54, 1.807) is 17.0 Å². The molecule has 2 bridgehead atoms. The smallest absolute Gasteiger partial charge is 0.406 e. The van der Waals surface area contributed by atoms with Crippen molar-refractivity contribution in [2.45, 2.75) is 83.4 Å². The Kier molecular flexibility index (Phi) is 8.88. The molecule has 6 aliphatic carbocycles. The molecule has 4 aromatic rings. The number of aliphatic hydroxyl groups is 2. The van der Waals surface area contributed by atoms with Crippen LogP contribution in [0.4, 0.5) is 23.7 Å². The van der Waals surface area contributed by atoms with E-state index in [1.807, 2.05) is 48.5 Å². The fourth-order valence-corrected chi connectivity index (χ4v) is 13.1. The third-order valence-electron chi connectivity index (χ3n) is 14.9. The average Bonchev–Trinajstić information content (AvgIpc) is 3.73. The van der Waals surface area contributed by atoms with Crippen LogP contribution in [0.2, 0.25) is 0 Å². The number of allylic oxidation sites excluding steroid dienone is 4. The van der Waals surface area contributed by atoms with Gasteiger partial charge in [0.1, 0.15) is 5.75 Å². The van der Waals surface area contributed by atoms with Crippen molar-refractivity contribution in [2.75, 3.05) is 11.9 Å². The molecule has 10 rings (SSSR count). The van der Waals surface area contributed by atoms with Gasteiger partial charge in [-0.05, 0) is 110 Å². The van der Waals surface area contributed by atoms with E-state index >= 15 is 4.79 Å². The Labute approximate surface area is 334 Å². The van der Waals surface area contributed by atoms with Crippen LogP contribution in [0.1, 0.15) is 74.0 Å². The number of hydrogen-bond donors (Lipinski definition) is 3. The number of nitrogens with one attached hydrogen (secondary N) is 1. The Hall–Kier alpha value is -4.45. The van der Waals surface area contributed by atoms with Gasteiger partial charge in [0.05, 0.1) is 23.1 Å². The molecule has 2 spiro atoms. The summed E-state index contributed by atoms with van der Waals surface area (Å²) < 4.78 is 43.9. The fraction of sp³-hybridized carbons (Fsp3) is 0.435. The number of thiophene rings is 1. The lowest BCUT2D eigenvalue weighted by Gasteiger charge is -2.71. The largest absolute Gasteiger partial charge is 0.573 e. The van der Waals surface area contributed by atoms with Gasteiger partial charge in [-0.1, -0.05) is 80.6 Å². The van der Waals surface area contributed by atoms with Gasteiger partial charge in [-0.2, -0.15) is 0 Å². The predicted molar refractivity (Wildman–Crippen MR) is 214 cm³/mol. The van der Waals surface area contributed by atoms with E-state index in [4.69, 9.17) is 0 Å². The van der Waals surface area contributed by atoms with Crippen LogP contribution in [-0.2, 0) is 6.54 Å². The number of rotatable bonds is 8. The Morgan fingerprint density at radius 2 is 1.58 bits per heavy atom. The highest BCUT2D eigenvalue weighted by atomic mass is 32.1. The molecule has 3 N–H and O–H groups in total. The summed E-state index contributed by atoms with van der Waals surface area (Å²) in [6.07, 6.45) is 6.07. The van der Waals surface area contributed by atoms with Gasteiger partial charge in [-0.25, -0.2) is 4.79 Å². The van der Waals surface area contributed by atoms with Crippen molar-refractivity contribution in [1.29, 1.82) is 0 Å². The highest BCUT2D eigenvalue weighted by molar-refractivity contribution is 7.21. The number of benzene rings is 3. The molecule has 8 unspecified atom stereocenters. The average molecular weight is 797 g/mol. The molecular weight excluding hydrogens is 750 g/mol. The van der Waals surface area contributed by atoms with E-state index in [9.17, 15) is 28.2 Å². The number of aliphatic hydroxyl groups excluding tert-OH is 1. The molecule has 298 valence electrons. The monoisotopic (exact) mass is 796 g/mol. The quantitative estimate of drug-likeness (QED) is 0.122. The van der Waals surface area contributed by atoms with Gasteiger partial charge in [0.15, 0.2) is 5.78 Å². The number of ketones is 1. The molecule has 3 aromatic carbocycles. The Bertz CT molecular complexity index is 2260. The third-order valence-corrected chi connectivity index (χ3v) is 16.0. The molecule has 6 aliphatic rings. The number of ether oxygens (including phenoxy) is 1. The number of Topliss-reactive ketones (excluding diaryl/α,β-unsaturated/α-hetero) is 1. The molecule has 8 atom stereocenters. The second kappa shape index (κ2) is 13.3. The van der Waals surface area contributed by atoms with Crippen LogP contribution in [0.25, 0.3) is 10.1 Å². The second-order valence-corrected chi connectivity index (χ2v) is 18.7. The van der Waals surface area contributed by atoms with Gasteiger partial charge < -0.3 is 25.2 Å². The van der Waals surface area contributed by atoms with Crippen molar-refractivity contribution in [3.05, 3.63) is 119 Å². The number of alkyl halides is 3. The number of halogens is 3. The van der Waals surface area contributed by atoms with Gasteiger partial charge in [-0.3, -0.25) is 4.79 Å². The Morgan fingerprint density at radius 1 is 0.895 bits per heavy atom. The number of para-hydroxylation sites is 1. The van der Waals surface area contributed by atoms with Crippen molar-refractivity contribution < 1.29 is 37.7 Å². The van der Waals surface area contributed by atoms with Crippen LogP contribution in [0, 0.1) is 33.5 Å². The minimum atomic E-state index is -4.83. The lowest BCUT2D eigenvalue weighted by atomic mass is 9.32. The van der Waals surface area contributed by atoms with Gasteiger partial charge in [0, 0.05) is 38.8 Å². The molecule has 1 heterocycles. The summed E-state index contributed by atoms with van der Waals surface area (Å²) in [6, 6.07) is 24.0. The highest BCUT2D eigenvalue weighted by Gasteiger charge is 2.74. The van der Waals surface area contributed by atoms with E-state index in [0.29, 0.717) is 48.2 Å². The van der Waals surface area contributed by atoms with Crippen molar-refractivity contribution in [3.63, 3.8) is 0 Å². The summed E-state index contributed by atoms with van der Waals surface area (Å²) in [5, 5.41) is 28.2. The molecule has 7 nitrogen and oxygen atoms in total. The number of carbonyl (C=O) groups is 2. The second-order valence-electron chi connectivity index (χ2n) is 17.6. The number of amides is 2. The first-order valence-electron chi connectivity index (χ1n) is 19.9. The number of hydrogen-bond acceptors (Lipinski definition) is 6. The zero-order valence-corrected chi connectivity index (χ0v) is 32.8. The number of carbonyl (C=O) groups excluding carboxylic acids is 2. The first-order valence-corrected chi connectivity index (χ1v) is 20.7. The van der Waals surface area contributed by atoms with E-state index in [2.05, 4.69) is 42.1 Å². The van der Waals surface area contributed by atoms with Crippen molar-refractivity contribution in [2.24, 2.45) is 33.5 Å². The van der Waals surface area contributed by atoms with E-state index in [-0.39, 0.29) is 41.9 Å². The third kappa shape index (κ3) is 5.97. The minimum absolute atomic E-state index is 0.00791. The molecule has 0 radical (unpaired) electrons. The summed E-state index contributed by atoms with van der Waals surface area (Å²) in [6.45, 7) is 4.48. The molecule has 3 saturated carbocycles. The van der Waals surface area contributed by atoms with Crippen LogP contribution in [0.15, 0.2) is 109 Å². The van der Waals surface area contributed by atoms with Crippen LogP contribution in [0.3, 0.4) is 0 Å². The number of nitrogens with zero attached hydrogens (tertiary/aromatic N) is 1. The van der Waals surface area contributed by atoms with Crippen molar-refractivity contribution >= 4 is 38.9 Å². The maximum Gasteiger partial charge on any atom is 0.573 e. The standard InChI is InChI=1S/C46H47F3N2O5S/c1-41-19-16-32(52)25-43(41)22-23-45(34(26-43)39(53)36-24-30-8-6-7-11-35(30)57-36)37(41)17-20-42(2)38(45)18-21-44(42,55)28-51(40(54)50-31-9-4-3-5-10-31)27-29-12-14-33(15-13-29)56-46(47,48)49/h3-15,22-24,26,32,37-38,52,55H,16-21,25,27-28H2,1-2H3,(H,50,54). The highest BCUT2D eigenvalue weighted by Crippen LogP contribution is 2.78. The number of fused-ring (bicyclic) bond motifs is 2. The number of anilines is 1. The van der Waals surface area contributed by atoms with Gasteiger partial charge in [-0.15, -0.1) is 24.5 Å². The summed E-state index contributed by atoms with van der Waals surface area (Å²) >= 11 is 1.50. The summed E-state index contributed by atoms with van der Waals surface area (Å²) in [5.74, 6) is -0.376. The van der Waals surface area contributed by atoms with E-state index < -0.39 is 40.3 Å². The van der Waals surface area contributed by atoms with Gasteiger partial charge in [0.2, 0.25) is 0 Å². The fourth-order valence-electron chi connectivity index (χ4n) is 12.1. The molecule has 2 amide bonds. The lowest BCUT2D eigenvalue weighted by molar-refractivity contribution is -0.274. The molecule has 0 saturated heterocycles.